The normalized spacial score (nSPS) is 27.0. The van der Waals surface area contributed by atoms with Crippen LogP contribution in [0.3, 0.4) is 0 Å². The molecule has 1 aromatic heterocycles. The molecule has 0 spiro atoms. The minimum atomic E-state index is -0.212. The highest BCUT2D eigenvalue weighted by Gasteiger charge is 2.39. The smallest absolute Gasteiger partial charge is 0.307 e. The van der Waals surface area contributed by atoms with Crippen molar-refractivity contribution in [3.8, 4) is 11.3 Å². The van der Waals surface area contributed by atoms with Gasteiger partial charge < -0.3 is 14.6 Å². The first-order valence-corrected chi connectivity index (χ1v) is 7.34. The molecular weight excluding hydrogens is 266 g/mol. The molecule has 21 heavy (non-hydrogen) atoms. The summed E-state index contributed by atoms with van der Waals surface area (Å²) in [7, 11) is 0. The lowest BCUT2D eigenvalue weighted by atomic mass is 10.0. The van der Waals surface area contributed by atoms with Crippen LogP contribution in [0.5, 0.6) is 0 Å². The summed E-state index contributed by atoms with van der Waals surface area (Å²) >= 11 is 0. The number of hydrogen-bond acceptors (Lipinski definition) is 4. The van der Waals surface area contributed by atoms with Crippen LogP contribution >= 0.6 is 0 Å². The lowest BCUT2D eigenvalue weighted by Gasteiger charge is -2.22. The van der Waals surface area contributed by atoms with Gasteiger partial charge in [0, 0.05) is 24.7 Å². The molecule has 2 aliphatic heterocycles. The van der Waals surface area contributed by atoms with Crippen molar-refractivity contribution in [3.63, 3.8) is 0 Å². The van der Waals surface area contributed by atoms with E-state index in [1.54, 1.807) is 6.20 Å². The number of amides is 1. The molecule has 1 aromatic carbocycles. The van der Waals surface area contributed by atoms with E-state index < -0.39 is 0 Å². The van der Waals surface area contributed by atoms with E-state index in [9.17, 15) is 4.79 Å². The predicted octanol–water partition coefficient (Wildman–Crippen LogP) is 1.78. The number of rotatable bonds is 3. The van der Waals surface area contributed by atoms with E-state index in [4.69, 9.17) is 4.42 Å². The average Bonchev–Trinajstić information content (AvgIpc) is 3.24. The fourth-order valence-corrected chi connectivity index (χ4v) is 3.29. The van der Waals surface area contributed by atoms with Gasteiger partial charge in [-0.05, 0) is 18.9 Å². The quantitative estimate of drug-likeness (QED) is 0.932. The Balaban J connectivity index is 1.47. The molecule has 0 aliphatic carbocycles. The van der Waals surface area contributed by atoms with Crippen molar-refractivity contribution in [1.82, 2.24) is 15.2 Å². The molecule has 4 rings (SSSR count). The Bertz CT molecular complexity index is 653. The Hall–Kier alpha value is -2.14. The SMILES string of the molecule is O=C(N[C@H]1CN2CC[C@@H]1C2)c1ncc(-c2ccccc2)o1. The molecule has 2 fully saturated rings. The van der Waals surface area contributed by atoms with E-state index in [-0.39, 0.29) is 17.8 Å². The molecule has 1 amide bonds. The van der Waals surface area contributed by atoms with Crippen molar-refractivity contribution in [2.75, 3.05) is 19.6 Å². The van der Waals surface area contributed by atoms with Gasteiger partial charge in [-0.15, -0.1) is 0 Å². The number of aromatic nitrogens is 1. The largest absolute Gasteiger partial charge is 0.432 e. The monoisotopic (exact) mass is 283 g/mol. The van der Waals surface area contributed by atoms with E-state index in [2.05, 4.69) is 15.2 Å². The van der Waals surface area contributed by atoms with Gasteiger partial charge in [0.15, 0.2) is 5.76 Å². The summed E-state index contributed by atoms with van der Waals surface area (Å²) in [5.41, 5.74) is 0.926. The summed E-state index contributed by atoms with van der Waals surface area (Å²) in [4.78, 5) is 18.7. The molecule has 3 atom stereocenters. The van der Waals surface area contributed by atoms with Crippen LogP contribution < -0.4 is 5.32 Å². The number of oxazole rings is 1. The fraction of sp³-hybridized carbons (Fsp3) is 0.375. The van der Waals surface area contributed by atoms with Crippen molar-refractivity contribution in [1.29, 1.82) is 0 Å². The molecule has 3 heterocycles. The van der Waals surface area contributed by atoms with Crippen molar-refractivity contribution >= 4 is 5.91 Å². The Kier molecular flexibility index (Phi) is 3.00. The minimum Gasteiger partial charge on any atom is -0.432 e. The second-order valence-electron chi connectivity index (χ2n) is 5.78. The van der Waals surface area contributed by atoms with E-state index in [1.165, 1.54) is 6.42 Å². The van der Waals surface area contributed by atoms with Gasteiger partial charge in [-0.1, -0.05) is 30.3 Å². The third-order valence-electron chi connectivity index (χ3n) is 4.41. The maximum atomic E-state index is 12.2. The lowest BCUT2D eigenvalue weighted by Crippen LogP contribution is -2.43. The second-order valence-corrected chi connectivity index (χ2v) is 5.78. The fourth-order valence-electron chi connectivity index (χ4n) is 3.29. The van der Waals surface area contributed by atoms with Crippen LogP contribution in [0.1, 0.15) is 17.1 Å². The molecule has 0 radical (unpaired) electrons. The van der Waals surface area contributed by atoms with Crippen molar-refractivity contribution < 1.29 is 9.21 Å². The maximum Gasteiger partial charge on any atom is 0.307 e. The van der Waals surface area contributed by atoms with Gasteiger partial charge in [-0.3, -0.25) is 4.79 Å². The first-order chi connectivity index (χ1) is 10.3. The van der Waals surface area contributed by atoms with Gasteiger partial charge in [0.1, 0.15) is 0 Å². The van der Waals surface area contributed by atoms with Crippen LogP contribution in [0.15, 0.2) is 40.9 Å². The topological polar surface area (TPSA) is 58.4 Å². The minimum absolute atomic E-state index is 0.145. The zero-order valence-electron chi connectivity index (χ0n) is 11.7. The molecule has 2 saturated heterocycles. The van der Waals surface area contributed by atoms with E-state index in [0.717, 1.165) is 25.2 Å². The summed E-state index contributed by atoms with van der Waals surface area (Å²) in [6.45, 7) is 3.21. The number of benzene rings is 1. The third-order valence-corrected chi connectivity index (χ3v) is 4.41. The molecule has 2 aliphatic rings. The average molecular weight is 283 g/mol. The number of nitrogens with zero attached hydrogens (tertiary/aromatic N) is 2. The van der Waals surface area contributed by atoms with Crippen molar-refractivity contribution in [3.05, 3.63) is 42.4 Å². The van der Waals surface area contributed by atoms with Crippen LogP contribution in [0.25, 0.3) is 11.3 Å². The summed E-state index contributed by atoms with van der Waals surface area (Å²) < 4.78 is 5.59. The van der Waals surface area contributed by atoms with Gasteiger partial charge >= 0.3 is 5.91 Å². The van der Waals surface area contributed by atoms with E-state index in [0.29, 0.717) is 11.7 Å². The first kappa shape index (κ1) is 12.6. The number of fused-ring (bicyclic) bond motifs is 2. The summed E-state index contributed by atoms with van der Waals surface area (Å²) in [5.74, 6) is 1.14. The molecule has 5 heteroatoms. The molecule has 2 bridgehead atoms. The zero-order chi connectivity index (χ0) is 14.2. The number of piperidine rings is 1. The Morgan fingerprint density at radius 1 is 1.29 bits per heavy atom. The number of nitrogens with one attached hydrogen (secondary N) is 1. The van der Waals surface area contributed by atoms with Crippen LogP contribution in [-0.2, 0) is 0 Å². The van der Waals surface area contributed by atoms with E-state index >= 15 is 0 Å². The predicted molar refractivity (Wildman–Crippen MR) is 77.7 cm³/mol. The molecule has 0 saturated carbocycles. The molecular formula is C16H17N3O2. The number of hydrogen-bond donors (Lipinski definition) is 1. The maximum absolute atomic E-state index is 12.2. The lowest BCUT2D eigenvalue weighted by molar-refractivity contribution is 0.0890. The Morgan fingerprint density at radius 2 is 2.14 bits per heavy atom. The van der Waals surface area contributed by atoms with Crippen LogP contribution in [0.2, 0.25) is 0 Å². The molecule has 1 unspecified atom stereocenters. The second kappa shape index (κ2) is 5.00. The van der Waals surface area contributed by atoms with Gasteiger partial charge in [0.05, 0.1) is 6.20 Å². The van der Waals surface area contributed by atoms with E-state index in [1.807, 2.05) is 30.3 Å². The first-order valence-electron chi connectivity index (χ1n) is 7.34. The van der Waals surface area contributed by atoms with Gasteiger partial charge in [-0.25, -0.2) is 4.98 Å². The van der Waals surface area contributed by atoms with Crippen molar-refractivity contribution in [2.45, 2.75) is 12.5 Å². The number of carbonyl (C=O) groups is 1. The van der Waals surface area contributed by atoms with Gasteiger partial charge in [0.2, 0.25) is 0 Å². The van der Waals surface area contributed by atoms with Crippen LogP contribution in [0.4, 0.5) is 0 Å². The van der Waals surface area contributed by atoms with Crippen LogP contribution in [0, 0.1) is 5.92 Å². The zero-order valence-corrected chi connectivity index (χ0v) is 11.7. The summed E-state index contributed by atoms with van der Waals surface area (Å²) in [6, 6.07) is 9.91. The molecule has 2 aromatic rings. The molecule has 108 valence electrons. The summed E-state index contributed by atoms with van der Waals surface area (Å²) in [5, 5.41) is 3.05. The van der Waals surface area contributed by atoms with Gasteiger partial charge in [0.25, 0.3) is 5.89 Å². The Morgan fingerprint density at radius 3 is 2.86 bits per heavy atom. The van der Waals surface area contributed by atoms with Gasteiger partial charge in [-0.2, -0.15) is 0 Å². The molecule has 1 N–H and O–H groups in total. The number of carbonyl (C=O) groups excluding carboxylic acids is 1. The molecule has 5 nitrogen and oxygen atoms in total. The highest BCUT2D eigenvalue weighted by molar-refractivity contribution is 5.90. The van der Waals surface area contributed by atoms with Crippen molar-refractivity contribution in [2.24, 2.45) is 5.92 Å². The highest BCUT2D eigenvalue weighted by Crippen LogP contribution is 2.28. The Labute approximate surface area is 123 Å². The highest BCUT2D eigenvalue weighted by atomic mass is 16.4. The van der Waals surface area contributed by atoms with Crippen LogP contribution in [-0.4, -0.2) is 41.5 Å². The third kappa shape index (κ3) is 2.34. The summed E-state index contributed by atoms with van der Waals surface area (Å²) in [6.07, 6.45) is 2.78. The standard InChI is InChI=1S/C16H17N3O2/c20-15(18-13-10-19-7-6-12(13)9-19)16-17-8-14(21-16)11-4-2-1-3-5-11/h1-5,8,12-13H,6-7,9-10H2,(H,18,20)/t12-,13+/m1/s1.